The Bertz CT molecular complexity index is 823. The second kappa shape index (κ2) is 23.0. The Hall–Kier alpha value is -3.19. The van der Waals surface area contributed by atoms with Crippen molar-refractivity contribution in [2.24, 2.45) is 28.7 Å². The second-order valence-electron chi connectivity index (χ2n) is 7.53. The van der Waals surface area contributed by atoms with Crippen molar-refractivity contribution in [3.05, 3.63) is 22.4 Å². The summed E-state index contributed by atoms with van der Waals surface area (Å²) in [5, 5.41) is 45.7. The quantitative estimate of drug-likeness (QED) is 0.0859. The zero-order valence-corrected chi connectivity index (χ0v) is 21.9. The Labute approximate surface area is 223 Å². The third kappa shape index (κ3) is 25.9. The van der Waals surface area contributed by atoms with Gasteiger partial charge >= 0.3 is 29.8 Å². The van der Waals surface area contributed by atoms with Gasteiger partial charge in [0.25, 0.3) is 0 Å². The summed E-state index contributed by atoms with van der Waals surface area (Å²) in [5.41, 5.74) is 23.8. The van der Waals surface area contributed by atoms with E-state index in [-0.39, 0.29) is 25.9 Å². The molecule has 1 aromatic heterocycles. The number of carbonyl (C=O) groups is 5. The highest BCUT2D eigenvalue weighted by molar-refractivity contribution is 7.09. The minimum absolute atomic E-state index is 0.00463. The van der Waals surface area contributed by atoms with Crippen molar-refractivity contribution in [3.8, 4) is 0 Å². The molecule has 2 atom stereocenters. The lowest BCUT2D eigenvalue weighted by Crippen LogP contribution is -2.56. The molecule has 1 rings (SSSR count). The van der Waals surface area contributed by atoms with Crippen LogP contribution < -0.4 is 34.0 Å². The van der Waals surface area contributed by atoms with Crippen LogP contribution in [-0.2, 0) is 30.4 Å². The van der Waals surface area contributed by atoms with Gasteiger partial charge in [-0.05, 0) is 37.3 Å². The first kappa shape index (κ1) is 39.3. The molecule has 0 amide bonds. The number of rotatable bonds is 14. The van der Waals surface area contributed by atoms with Gasteiger partial charge in [0, 0.05) is 24.3 Å². The Morgan fingerprint density at radius 3 is 1.79 bits per heavy atom. The third-order valence-corrected chi connectivity index (χ3v) is 4.94. The van der Waals surface area contributed by atoms with Crippen molar-refractivity contribution in [3.63, 3.8) is 0 Å². The molecule has 38 heavy (non-hydrogen) atoms. The number of thiophene rings is 1. The molecule has 0 saturated carbocycles. The SMILES string of the molecule is CCNCC(=O)O.NC(N)(CCCCC(=O)O)C(=O)O.NCC(N)C(=O)O.N[C@@H](Cc1cccs1)C(=O)O. The number of carboxylic acid groups (broad SMARTS) is 5. The normalized spacial score (nSPS) is 11.6. The topological polar surface area (TPSA) is 329 Å². The van der Waals surface area contributed by atoms with E-state index in [4.69, 9.17) is 54.2 Å². The molecule has 0 aliphatic rings. The molecule has 220 valence electrons. The van der Waals surface area contributed by atoms with E-state index in [1.54, 1.807) is 0 Å². The summed E-state index contributed by atoms with van der Waals surface area (Å²) in [4.78, 5) is 51.2. The predicted octanol–water partition coefficient (Wildman–Crippen LogP) is -1.93. The lowest BCUT2D eigenvalue weighted by Gasteiger charge is -2.18. The molecular formula is C21H40N6O10S. The smallest absolute Gasteiger partial charge is 0.338 e. The molecular weight excluding hydrogens is 528 g/mol. The van der Waals surface area contributed by atoms with Gasteiger partial charge in [0.05, 0.1) is 6.54 Å². The molecule has 1 heterocycles. The fourth-order valence-electron chi connectivity index (χ4n) is 1.87. The summed E-state index contributed by atoms with van der Waals surface area (Å²) in [6, 6.07) is 2.09. The molecule has 17 heteroatoms. The van der Waals surface area contributed by atoms with Gasteiger partial charge in [0.1, 0.15) is 12.1 Å². The van der Waals surface area contributed by atoms with Crippen molar-refractivity contribution in [1.29, 1.82) is 0 Å². The molecule has 0 aromatic carbocycles. The van der Waals surface area contributed by atoms with Gasteiger partial charge in [-0.15, -0.1) is 11.3 Å². The number of nitrogens with one attached hydrogen (secondary N) is 1. The number of unbranched alkanes of at least 4 members (excludes halogenated alkanes) is 1. The van der Waals surface area contributed by atoms with Crippen LogP contribution in [0.15, 0.2) is 17.5 Å². The first-order chi connectivity index (χ1) is 17.5. The molecule has 0 aliphatic heterocycles. The lowest BCUT2D eigenvalue weighted by molar-refractivity contribution is -0.143. The molecule has 1 unspecified atom stereocenters. The number of nitrogens with two attached hydrogens (primary N) is 5. The third-order valence-electron chi connectivity index (χ3n) is 4.05. The number of hydrogen-bond acceptors (Lipinski definition) is 12. The maximum Gasteiger partial charge on any atom is 0.338 e. The van der Waals surface area contributed by atoms with Gasteiger partial charge in [-0.1, -0.05) is 13.0 Å². The van der Waals surface area contributed by atoms with Gasteiger partial charge in [-0.25, -0.2) is 4.79 Å². The Morgan fingerprint density at radius 1 is 0.947 bits per heavy atom. The van der Waals surface area contributed by atoms with Crippen molar-refractivity contribution in [2.75, 3.05) is 19.6 Å². The van der Waals surface area contributed by atoms with Crippen LogP contribution in [0.5, 0.6) is 0 Å². The zero-order chi connectivity index (χ0) is 30.3. The maximum atomic E-state index is 10.4. The summed E-state index contributed by atoms with van der Waals surface area (Å²) >= 11 is 1.53. The van der Waals surface area contributed by atoms with Crippen LogP contribution in [-0.4, -0.2) is 92.8 Å². The van der Waals surface area contributed by atoms with Crippen LogP contribution in [0.3, 0.4) is 0 Å². The predicted molar refractivity (Wildman–Crippen MR) is 139 cm³/mol. The second-order valence-corrected chi connectivity index (χ2v) is 8.56. The van der Waals surface area contributed by atoms with E-state index in [0.717, 1.165) is 4.88 Å². The van der Waals surface area contributed by atoms with Gasteiger partial charge in [-0.3, -0.25) is 19.2 Å². The average Bonchev–Trinajstić information content (AvgIpc) is 3.34. The van der Waals surface area contributed by atoms with E-state index in [1.807, 2.05) is 24.4 Å². The van der Waals surface area contributed by atoms with Crippen LogP contribution in [0.25, 0.3) is 0 Å². The summed E-state index contributed by atoms with van der Waals surface area (Å²) < 4.78 is 0. The molecule has 0 radical (unpaired) electrons. The Morgan fingerprint density at radius 2 is 1.50 bits per heavy atom. The van der Waals surface area contributed by atoms with E-state index < -0.39 is 47.6 Å². The molecule has 0 saturated heterocycles. The molecule has 16 nitrogen and oxygen atoms in total. The van der Waals surface area contributed by atoms with Gasteiger partial charge in [0.15, 0.2) is 5.66 Å². The van der Waals surface area contributed by atoms with E-state index in [1.165, 1.54) is 11.3 Å². The van der Waals surface area contributed by atoms with Crippen LogP contribution in [0, 0.1) is 0 Å². The summed E-state index contributed by atoms with van der Waals surface area (Å²) in [6.45, 7) is 2.64. The van der Waals surface area contributed by atoms with Gasteiger partial charge in [-0.2, -0.15) is 0 Å². The van der Waals surface area contributed by atoms with E-state index in [9.17, 15) is 24.0 Å². The zero-order valence-electron chi connectivity index (χ0n) is 21.1. The summed E-state index contributed by atoms with van der Waals surface area (Å²) in [5.74, 6) is -4.99. The molecule has 16 N–H and O–H groups in total. The van der Waals surface area contributed by atoms with E-state index in [2.05, 4.69) is 5.32 Å². The van der Waals surface area contributed by atoms with Crippen molar-refractivity contribution < 1.29 is 49.5 Å². The van der Waals surface area contributed by atoms with Crippen molar-refractivity contribution in [2.45, 2.75) is 56.8 Å². The van der Waals surface area contributed by atoms with Gasteiger partial charge in [0.2, 0.25) is 0 Å². The molecule has 0 fully saturated rings. The fraction of sp³-hybridized carbons (Fsp3) is 0.571. The largest absolute Gasteiger partial charge is 0.481 e. The molecule has 1 aromatic rings. The maximum absolute atomic E-state index is 10.4. The average molecular weight is 569 g/mol. The van der Waals surface area contributed by atoms with Crippen LogP contribution in [0.1, 0.15) is 37.5 Å². The van der Waals surface area contributed by atoms with E-state index in [0.29, 0.717) is 25.8 Å². The highest BCUT2D eigenvalue weighted by Crippen LogP contribution is 2.10. The van der Waals surface area contributed by atoms with Crippen LogP contribution in [0.2, 0.25) is 0 Å². The minimum Gasteiger partial charge on any atom is -0.481 e. The van der Waals surface area contributed by atoms with Crippen molar-refractivity contribution in [1.82, 2.24) is 5.32 Å². The molecule has 0 bridgehead atoms. The van der Waals surface area contributed by atoms with Crippen LogP contribution in [0.4, 0.5) is 0 Å². The first-order valence-electron chi connectivity index (χ1n) is 11.2. The first-order valence-corrected chi connectivity index (χ1v) is 12.0. The van der Waals surface area contributed by atoms with Crippen LogP contribution >= 0.6 is 11.3 Å². The monoisotopic (exact) mass is 568 g/mol. The minimum atomic E-state index is -1.74. The van der Waals surface area contributed by atoms with Gasteiger partial charge < -0.3 is 59.5 Å². The number of aliphatic carboxylic acids is 5. The standard InChI is InChI=1S/C7H14N2O4.C7H9NO2S.C4H9NO2.C3H8N2O2/c8-7(9,6(12)13)4-2-1-3-5(10)11;8-6(7(9)10)4-5-2-1-3-11-5;1-2-5-3-4(6)7;4-1-2(5)3(6)7/h1-4,8-9H2,(H,10,11)(H,12,13);1-3,6H,4,8H2,(H,9,10);5H,2-3H2,1H3,(H,6,7);2H,1,4-5H2,(H,6,7)/t;6-;;/m.0../s1. The highest BCUT2D eigenvalue weighted by atomic mass is 32.1. The Kier molecular flexibility index (Phi) is 23.8. The van der Waals surface area contributed by atoms with E-state index >= 15 is 0 Å². The molecule has 0 spiro atoms. The van der Waals surface area contributed by atoms with Crippen molar-refractivity contribution >= 4 is 41.2 Å². The number of hydrogen-bond donors (Lipinski definition) is 11. The highest BCUT2D eigenvalue weighted by Gasteiger charge is 2.27. The lowest BCUT2D eigenvalue weighted by atomic mass is 10.0. The molecule has 0 aliphatic carbocycles. The Balaban J connectivity index is -0.000000446. The summed E-state index contributed by atoms with van der Waals surface area (Å²) in [6.07, 6.45) is 1.29. The number of carboxylic acids is 5. The fourth-order valence-corrected chi connectivity index (χ4v) is 2.63. The summed E-state index contributed by atoms with van der Waals surface area (Å²) in [7, 11) is 0. The number of likely N-dealkylation sites (N-methyl/N-ethyl adjacent to an activating group) is 1.